The Bertz CT molecular complexity index is 1030. The van der Waals surface area contributed by atoms with Crippen LogP contribution in [0.1, 0.15) is 25.0 Å². The maximum atomic E-state index is 11.4. The van der Waals surface area contributed by atoms with Crippen LogP contribution in [0.3, 0.4) is 0 Å². The van der Waals surface area contributed by atoms with E-state index in [4.69, 9.17) is 28.4 Å². The highest BCUT2D eigenvalue weighted by atomic mass is 79.9. The average Bonchev–Trinajstić information content (AvgIpc) is 3.21. The largest absolute Gasteiger partial charge is 0.492 e. The molecule has 0 fully saturated rings. The molecule has 168 valence electrons. The Hall–Kier alpha value is -2.32. The SMILES string of the molecule is COc1c(Br)c2c(c(OC)c1OC)-c1c(cc3c(c1OC)OCO3)CC(C)C(C)(O)C2. The Labute approximate surface area is 190 Å². The number of methoxy groups -OCH3 is 4. The molecule has 2 unspecified atom stereocenters. The van der Waals surface area contributed by atoms with Gasteiger partial charge in [0.15, 0.2) is 23.0 Å². The van der Waals surface area contributed by atoms with Crippen molar-refractivity contribution in [2.24, 2.45) is 5.92 Å². The van der Waals surface area contributed by atoms with Crippen molar-refractivity contribution < 1.29 is 33.5 Å². The monoisotopic (exact) mass is 494 g/mol. The molecule has 0 bridgehead atoms. The van der Waals surface area contributed by atoms with Gasteiger partial charge in [-0.3, -0.25) is 0 Å². The Kier molecular flexibility index (Phi) is 5.64. The van der Waals surface area contributed by atoms with Crippen molar-refractivity contribution in [3.05, 3.63) is 21.7 Å². The summed E-state index contributed by atoms with van der Waals surface area (Å²) in [6, 6.07) is 1.96. The summed E-state index contributed by atoms with van der Waals surface area (Å²) in [5, 5.41) is 11.4. The van der Waals surface area contributed by atoms with E-state index >= 15 is 0 Å². The third kappa shape index (κ3) is 3.27. The molecule has 0 radical (unpaired) electrons. The number of fused-ring (bicyclic) bond motifs is 4. The highest BCUT2D eigenvalue weighted by Gasteiger charge is 2.40. The predicted octanol–water partition coefficient (Wildman–Crippen LogP) is 4.36. The topological polar surface area (TPSA) is 75.6 Å². The summed E-state index contributed by atoms with van der Waals surface area (Å²) in [6.07, 6.45) is 0.988. The lowest BCUT2D eigenvalue weighted by molar-refractivity contribution is 0.00614. The summed E-state index contributed by atoms with van der Waals surface area (Å²) in [5.41, 5.74) is 2.42. The van der Waals surface area contributed by atoms with Crippen LogP contribution in [-0.2, 0) is 12.8 Å². The second-order valence-electron chi connectivity index (χ2n) is 8.08. The summed E-state index contributed by atoms with van der Waals surface area (Å²) in [5.74, 6) is 3.16. The van der Waals surface area contributed by atoms with E-state index in [1.807, 2.05) is 19.9 Å². The summed E-state index contributed by atoms with van der Waals surface area (Å²) in [7, 11) is 6.34. The molecular formula is C23H27BrO7. The molecular weight excluding hydrogens is 468 g/mol. The molecule has 1 aliphatic carbocycles. The molecule has 0 saturated heterocycles. The first-order valence-corrected chi connectivity index (χ1v) is 10.8. The van der Waals surface area contributed by atoms with E-state index in [2.05, 4.69) is 15.9 Å². The molecule has 2 atom stereocenters. The first kappa shape index (κ1) is 21.9. The second kappa shape index (κ2) is 7.98. The van der Waals surface area contributed by atoms with Crippen molar-refractivity contribution >= 4 is 15.9 Å². The number of ether oxygens (including phenoxy) is 6. The Morgan fingerprint density at radius 2 is 1.61 bits per heavy atom. The van der Waals surface area contributed by atoms with Gasteiger partial charge in [-0.05, 0) is 52.4 Å². The number of rotatable bonds is 4. The van der Waals surface area contributed by atoms with Gasteiger partial charge < -0.3 is 33.5 Å². The summed E-state index contributed by atoms with van der Waals surface area (Å²) < 4.78 is 35.2. The first-order valence-electron chi connectivity index (χ1n) is 10.0. The van der Waals surface area contributed by atoms with Gasteiger partial charge in [0.25, 0.3) is 0 Å². The van der Waals surface area contributed by atoms with Crippen molar-refractivity contribution in [1.29, 1.82) is 0 Å². The van der Waals surface area contributed by atoms with Crippen molar-refractivity contribution in [3.63, 3.8) is 0 Å². The molecule has 2 aliphatic rings. The van der Waals surface area contributed by atoms with E-state index in [9.17, 15) is 5.11 Å². The van der Waals surface area contributed by atoms with Crippen LogP contribution in [0.15, 0.2) is 10.5 Å². The van der Waals surface area contributed by atoms with E-state index < -0.39 is 5.60 Å². The molecule has 2 aromatic carbocycles. The quantitative estimate of drug-likeness (QED) is 0.676. The van der Waals surface area contributed by atoms with Gasteiger partial charge in [0.2, 0.25) is 18.3 Å². The Morgan fingerprint density at radius 3 is 2.23 bits per heavy atom. The number of hydrogen-bond acceptors (Lipinski definition) is 7. The van der Waals surface area contributed by atoms with Crippen LogP contribution in [-0.4, -0.2) is 45.9 Å². The lowest BCUT2D eigenvalue weighted by atomic mass is 9.75. The highest BCUT2D eigenvalue weighted by Crippen LogP contribution is 2.59. The van der Waals surface area contributed by atoms with Crippen LogP contribution in [0.25, 0.3) is 11.1 Å². The van der Waals surface area contributed by atoms with Gasteiger partial charge in [-0.15, -0.1) is 0 Å². The molecule has 2 aromatic rings. The fourth-order valence-corrected chi connectivity index (χ4v) is 5.15. The van der Waals surface area contributed by atoms with Gasteiger partial charge in [0.05, 0.1) is 38.5 Å². The number of benzene rings is 2. The fourth-order valence-electron chi connectivity index (χ4n) is 4.47. The molecule has 0 spiro atoms. The zero-order valence-electron chi connectivity index (χ0n) is 18.6. The molecule has 1 aliphatic heterocycles. The number of aliphatic hydroxyl groups is 1. The summed E-state index contributed by atoms with van der Waals surface area (Å²) in [4.78, 5) is 0. The lowest BCUT2D eigenvalue weighted by Gasteiger charge is -2.36. The average molecular weight is 495 g/mol. The zero-order chi connectivity index (χ0) is 22.5. The normalized spacial score (nSPS) is 21.5. The van der Waals surface area contributed by atoms with E-state index in [0.717, 1.165) is 22.3 Å². The van der Waals surface area contributed by atoms with Gasteiger partial charge in [-0.2, -0.15) is 0 Å². The highest BCUT2D eigenvalue weighted by molar-refractivity contribution is 9.10. The fraction of sp³-hybridized carbons (Fsp3) is 0.478. The van der Waals surface area contributed by atoms with Gasteiger partial charge in [0.1, 0.15) is 0 Å². The van der Waals surface area contributed by atoms with Gasteiger partial charge in [-0.1, -0.05) is 6.92 Å². The molecule has 0 amide bonds. The third-order valence-electron chi connectivity index (χ3n) is 6.30. The standard InChI is InChI=1S/C23H27BrO7/c1-11-7-12-8-14-18(31-10-30-14)19(26-3)15(12)16-13(9-23(11,2)25)17(24)21(28-5)22(29-6)20(16)27-4/h8,11,25H,7,9-10H2,1-6H3. The van der Waals surface area contributed by atoms with Gasteiger partial charge in [-0.25, -0.2) is 0 Å². The molecule has 4 rings (SSSR count). The molecule has 31 heavy (non-hydrogen) atoms. The zero-order valence-corrected chi connectivity index (χ0v) is 20.1. The van der Waals surface area contributed by atoms with Gasteiger partial charge in [0, 0.05) is 17.5 Å². The molecule has 0 aromatic heterocycles. The van der Waals surface area contributed by atoms with Crippen LogP contribution in [0, 0.1) is 5.92 Å². The molecule has 0 saturated carbocycles. The maximum Gasteiger partial charge on any atom is 0.231 e. The molecule has 1 N–H and O–H groups in total. The minimum atomic E-state index is -0.983. The third-order valence-corrected chi connectivity index (χ3v) is 7.13. The summed E-state index contributed by atoms with van der Waals surface area (Å²) in [6.45, 7) is 4.02. The number of hydrogen-bond donors (Lipinski definition) is 1. The molecule has 7 nitrogen and oxygen atoms in total. The molecule has 1 heterocycles. The summed E-state index contributed by atoms with van der Waals surface area (Å²) >= 11 is 3.71. The Morgan fingerprint density at radius 1 is 0.968 bits per heavy atom. The van der Waals surface area contributed by atoms with E-state index in [1.165, 1.54) is 0 Å². The first-order chi connectivity index (χ1) is 14.8. The lowest BCUT2D eigenvalue weighted by Crippen LogP contribution is -2.38. The molecule has 8 heteroatoms. The minimum Gasteiger partial charge on any atom is -0.492 e. The van der Waals surface area contributed by atoms with Crippen LogP contribution in [0.4, 0.5) is 0 Å². The van der Waals surface area contributed by atoms with Crippen molar-refractivity contribution in [1.82, 2.24) is 0 Å². The second-order valence-corrected chi connectivity index (χ2v) is 8.88. The smallest absolute Gasteiger partial charge is 0.231 e. The van der Waals surface area contributed by atoms with E-state index in [-0.39, 0.29) is 12.7 Å². The van der Waals surface area contributed by atoms with Crippen LogP contribution >= 0.6 is 15.9 Å². The van der Waals surface area contributed by atoms with Crippen molar-refractivity contribution in [2.75, 3.05) is 35.2 Å². The van der Waals surface area contributed by atoms with Crippen LogP contribution in [0.2, 0.25) is 0 Å². The maximum absolute atomic E-state index is 11.4. The van der Waals surface area contributed by atoms with E-state index in [0.29, 0.717) is 51.8 Å². The minimum absolute atomic E-state index is 0.0459. The Balaban J connectivity index is 2.20. The van der Waals surface area contributed by atoms with E-state index in [1.54, 1.807) is 28.4 Å². The van der Waals surface area contributed by atoms with Crippen molar-refractivity contribution in [2.45, 2.75) is 32.3 Å². The van der Waals surface area contributed by atoms with Crippen LogP contribution < -0.4 is 28.4 Å². The van der Waals surface area contributed by atoms with Gasteiger partial charge >= 0.3 is 0 Å². The van der Waals surface area contributed by atoms with Crippen molar-refractivity contribution in [3.8, 4) is 45.6 Å². The van der Waals surface area contributed by atoms with Crippen LogP contribution in [0.5, 0.6) is 34.5 Å². The number of halogens is 1. The predicted molar refractivity (Wildman–Crippen MR) is 119 cm³/mol.